The summed E-state index contributed by atoms with van der Waals surface area (Å²) in [7, 11) is 0. The quantitative estimate of drug-likeness (QED) is 0.422. The molecular formula is C20H21Cl2F3N4OS. The molecule has 1 aliphatic heterocycles. The van der Waals surface area contributed by atoms with E-state index in [9.17, 15) is 18.0 Å². The molecule has 0 radical (unpaired) electrons. The van der Waals surface area contributed by atoms with Gasteiger partial charge < -0.3 is 10.2 Å². The third-order valence-electron chi connectivity index (χ3n) is 5.07. The smallest absolute Gasteiger partial charge is 0.356 e. The molecule has 3 rings (SSSR count). The molecule has 0 saturated carbocycles. The summed E-state index contributed by atoms with van der Waals surface area (Å²) in [4.78, 5) is 23.1. The minimum absolute atomic E-state index is 0.117. The maximum absolute atomic E-state index is 13.5. The zero-order valence-electron chi connectivity index (χ0n) is 16.9. The molecule has 168 valence electrons. The van der Waals surface area contributed by atoms with Gasteiger partial charge in [0.15, 0.2) is 0 Å². The van der Waals surface area contributed by atoms with E-state index < -0.39 is 22.0 Å². The predicted octanol–water partition coefficient (Wildman–Crippen LogP) is 5.94. The lowest BCUT2D eigenvalue weighted by Gasteiger charge is -2.26. The fourth-order valence-electron chi connectivity index (χ4n) is 3.45. The molecule has 1 N–H and O–H groups in total. The van der Waals surface area contributed by atoms with Gasteiger partial charge in [-0.25, -0.2) is 9.97 Å². The Morgan fingerprint density at radius 3 is 2.68 bits per heavy atom. The van der Waals surface area contributed by atoms with Crippen LogP contribution in [0.5, 0.6) is 0 Å². The van der Waals surface area contributed by atoms with Crippen LogP contribution in [0.1, 0.15) is 40.7 Å². The van der Waals surface area contributed by atoms with Crippen LogP contribution in [-0.2, 0) is 6.18 Å². The highest BCUT2D eigenvalue weighted by molar-refractivity contribution is 7.98. The molecule has 3 heterocycles. The fourth-order valence-corrected chi connectivity index (χ4v) is 4.30. The summed E-state index contributed by atoms with van der Waals surface area (Å²) in [6.07, 6.45) is 1.07. The Morgan fingerprint density at radius 2 is 2.00 bits per heavy atom. The molecule has 31 heavy (non-hydrogen) atoms. The standard InChI is InChI=1S/C20H21Cl2F3N4OS/c1-12-14(20(23,24)25)11-27-17(29-8-3-5-19(21,22)6-9-29)16(12)18(30)28-13-4-7-26-15(10-13)31-2/h4,7,10-11H,3,5-6,8-9H2,1-2H3,(H,26,28,30). The number of thioether (sulfide) groups is 1. The number of rotatable bonds is 4. The number of hydrogen-bond donors (Lipinski definition) is 1. The number of amides is 1. The van der Waals surface area contributed by atoms with Gasteiger partial charge >= 0.3 is 6.18 Å². The van der Waals surface area contributed by atoms with Crippen molar-refractivity contribution in [3.63, 3.8) is 0 Å². The van der Waals surface area contributed by atoms with E-state index in [1.165, 1.54) is 24.9 Å². The van der Waals surface area contributed by atoms with Gasteiger partial charge in [-0.2, -0.15) is 13.2 Å². The molecule has 0 atom stereocenters. The lowest BCUT2D eigenvalue weighted by Crippen LogP contribution is -2.30. The lowest BCUT2D eigenvalue weighted by molar-refractivity contribution is -0.138. The second kappa shape index (κ2) is 9.42. The van der Waals surface area contributed by atoms with Crippen LogP contribution < -0.4 is 10.2 Å². The first-order valence-corrected chi connectivity index (χ1v) is 11.5. The third-order valence-corrected chi connectivity index (χ3v) is 6.47. The van der Waals surface area contributed by atoms with Crippen molar-refractivity contribution >= 4 is 52.4 Å². The van der Waals surface area contributed by atoms with E-state index >= 15 is 0 Å². The molecule has 0 aromatic carbocycles. The Labute approximate surface area is 192 Å². The third kappa shape index (κ3) is 5.75. The number of aromatic nitrogens is 2. The summed E-state index contributed by atoms with van der Waals surface area (Å²) in [6.45, 7) is 2.14. The average molecular weight is 493 g/mol. The van der Waals surface area contributed by atoms with Crippen LogP contribution in [0, 0.1) is 6.92 Å². The van der Waals surface area contributed by atoms with E-state index in [0.717, 1.165) is 6.20 Å². The number of anilines is 2. The molecule has 0 aliphatic carbocycles. The highest BCUT2D eigenvalue weighted by Crippen LogP contribution is 2.38. The number of pyridine rings is 2. The molecule has 2 aromatic rings. The first kappa shape index (κ1) is 23.9. The number of carbonyl (C=O) groups is 1. The molecule has 1 aliphatic rings. The zero-order valence-corrected chi connectivity index (χ0v) is 19.2. The van der Waals surface area contributed by atoms with Crippen LogP contribution in [0.15, 0.2) is 29.6 Å². The average Bonchev–Trinajstić information content (AvgIpc) is 2.87. The summed E-state index contributed by atoms with van der Waals surface area (Å²) in [5.41, 5.74) is -0.807. The number of carbonyl (C=O) groups excluding carboxylic acids is 1. The molecule has 5 nitrogen and oxygen atoms in total. The molecular weight excluding hydrogens is 472 g/mol. The van der Waals surface area contributed by atoms with Gasteiger partial charge in [-0.3, -0.25) is 4.79 Å². The summed E-state index contributed by atoms with van der Waals surface area (Å²) >= 11 is 13.9. The van der Waals surface area contributed by atoms with Crippen molar-refractivity contribution in [2.75, 3.05) is 29.6 Å². The van der Waals surface area contributed by atoms with Crippen LogP contribution in [0.2, 0.25) is 0 Å². The Bertz CT molecular complexity index is 972. The number of nitrogens with one attached hydrogen (secondary N) is 1. The monoisotopic (exact) mass is 492 g/mol. The van der Waals surface area contributed by atoms with Crippen molar-refractivity contribution < 1.29 is 18.0 Å². The van der Waals surface area contributed by atoms with Gasteiger partial charge in [-0.1, -0.05) is 0 Å². The summed E-state index contributed by atoms with van der Waals surface area (Å²) < 4.78 is 39.7. The van der Waals surface area contributed by atoms with Crippen molar-refractivity contribution in [2.24, 2.45) is 0 Å². The van der Waals surface area contributed by atoms with Gasteiger partial charge in [-0.05, 0) is 50.1 Å². The number of hydrogen-bond acceptors (Lipinski definition) is 5. The highest BCUT2D eigenvalue weighted by Gasteiger charge is 2.37. The van der Waals surface area contributed by atoms with E-state index in [1.54, 1.807) is 17.0 Å². The van der Waals surface area contributed by atoms with Crippen LogP contribution in [0.4, 0.5) is 24.7 Å². The van der Waals surface area contributed by atoms with Gasteiger partial charge in [0.1, 0.15) is 10.2 Å². The molecule has 1 amide bonds. The molecule has 1 saturated heterocycles. The zero-order chi connectivity index (χ0) is 22.8. The van der Waals surface area contributed by atoms with Crippen LogP contribution in [-0.4, -0.2) is 39.6 Å². The maximum Gasteiger partial charge on any atom is 0.418 e. The number of nitrogens with zero attached hydrogens (tertiary/aromatic N) is 3. The van der Waals surface area contributed by atoms with Gasteiger partial charge in [0, 0.05) is 31.2 Å². The van der Waals surface area contributed by atoms with E-state index in [2.05, 4.69) is 15.3 Å². The molecule has 2 aromatic heterocycles. The largest absolute Gasteiger partial charge is 0.418 e. The van der Waals surface area contributed by atoms with Crippen LogP contribution in [0.3, 0.4) is 0 Å². The molecule has 11 heteroatoms. The van der Waals surface area contributed by atoms with Crippen LogP contribution in [0.25, 0.3) is 0 Å². The van der Waals surface area contributed by atoms with E-state index in [-0.39, 0.29) is 16.9 Å². The normalized spacial score (nSPS) is 16.7. The minimum atomic E-state index is -4.63. The Balaban J connectivity index is 2.03. The van der Waals surface area contributed by atoms with Crippen LogP contribution >= 0.6 is 35.0 Å². The highest BCUT2D eigenvalue weighted by atomic mass is 35.5. The maximum atomic E-state index is 13.5. The first-order chi connectivity index (χ1) is 14.5. The molecule has 0 spiro atoms. The SMILES string of the molecule is CSc1cc(NC(=O)c2c(N3CCCC(Cl)(Cl)CC3)ncc(C(F)(F)F)c2C)ccn1. The van der Waals surface area contributed by atoms with Crippen molar-refractivity contribution in [1.82, 2.24) is 9.97 Å². The first-order valence-electron chi connectivity index (χ1n) is 9.53. The second-order valence-corrected chi connectivity index (χ2v) is 9.70. The second-order valence-electron chi connectivity index (χ2n) is 7.23. The predicted molar refractivity (Wildman–Crippen MR) is 118 cm³/mol. The summed E-state index contributed by atoms with van der Waals surface area (Å²) in [5.74, 6) is -0.482. The fraction of sp³-hybridized carbons (Fsp3) is 0.450. The van der Waals surface area contributed by atoms with Gasteiger partial charge in [0.05, 0.1) is 16.2 Å². The molecule has 0 unspecified atom stereocenters. The van der Waals surface area contributed by atoms with E-state index in [4.69, 9.17) is 23.2 Å². The Morgan fingerprint density at radius 1 is 1.26 bits per heavy atom. The summed E-state index contributed by atoms with van der Waals surface area (Å²) in [5, 5.41) is 3.36. The van der Waals surface area contributed by atoms with Crippen molar-refractivity contribution in [1.29, 1.82) is 0 Å². The lowest BCUT2D eigenvalue weighted by atomic mass is 10.0. The summed E-state index contributed by atoms with van der Waals surface area (Å²) in [6, 6.07) is 3.23. The Hall–Kier alpha value is -1.71. The molecule has 0 bridgehead atoms. The van der Waals surface area contributed by atoms with Crippen molar-refractivity contribution in [3.8, 4) is 0 Å². The van der Waals surface area contributed by atoms with Gasteiger partial charge in [0.25, 0.3) is 5.91 Å². The minimum Gasteiger partial charge on any atom is -0.356 e. The van der Waals surface area contributed by atoms with E-state index in [1.807, 2.05) is 6.26 Å². The van der Waals surface area contributed by atoms with E-state index in [0.29, 0.717) is 43.1 Å². The van der Waals surface area contributed by atoms with Crippen molar-refractivity contribution in [3.05, 3.63) is 41.2 Å². The topological polar surface area (TPSA) is 58.1 Å². The number of alkyl halides is 5. The Kier molecular flexibility index (Phi) is 7.28. The van der Waals surface area contributed by atoms with Gasteiger partial charge in [-0.15, -0.1) is 35.0 Å². The number of halogens is 5. The van der Waals surface area contributed by atoms with Crippen molar-refractivity contribution in [2.45, 2.75) is 41.7 Å². The molecule has 1 fully saturated rings. The van der Waals surface area contributed by atoms with Gasteiger partial charge in [0.2, 0.25) is 0 Å².